The van der Waals surface area contributed by atoms with Crippen molar-refractivity contribution in [2.75, 3.05) is 0 Å². The van der Waals surface area contributed by atoms with E-state index in [1.54, 1.807) is 11.8 Å². The van der Waals surface area contributed by atoms with Gasteiger partial charge in [-0.3, -0.25) is 5.14 Å². The van der Waals surface area contributed by atoms with E-state index in [4.69, 9.17) is 5.14 Å². The summed E-state index contributed by atoms with van der Waals surface area (Å²) in [5.41, 5.74) is 0.290. The predicted octanol–water partition coefficient (Wildman–Crippen LogP) is 2.10. The molecule has 0 fully saturated rings. The summed E-state index contributed by atoms with van der Waals surface area (Å²) in [6, 6.07) is 0. The van der Waals surface area contributed by atoms with Crippen LogP contribution in [0.1, 0.15) is 20.8 Å². The molecule has 0 amide bonds. The van der Waals surface area contributed by atoms with Crippen LogP contribution in [0.15, 0.2) is 10.4 Å². The molecule has 1 atom stereocenters. The van der Waals surface area contributed by atoms with E-state index in [9.17, 15) is 0 Å². The Balaban J connectivity index is 2.48. The van der Waals surface area contributed by atoms with Crippen molar-refractivity contribution in [2.24, 2.45) is 10.6 Å². The lowest BCUT2D eigenvalue weighted by atomic mass is 9.97. The van der Waals surface area contributed by atoms with Gasteiger partial charge in [0.2, 0.25) is 0 Å². The Morgan fingerprint density at radius 3 is 2.55 bits per heavy atom. The first kappa shape index (κ1) is 9.29. The van der Waals surface area contributed by atoms with Crippen LogP contribution in [0.2, 0.25) is 0 Å². The number of hydrogen-bond acceptors (Lipinski definition) is 4. The van der Waals surface area contributed by atoms with Crippen molar-refractivity contribution in [1.82, 2.24) is 5.32 Å². The monoisotopic (exact) mass is 190 g/mol. The van der Waals surface area contributed by atoms with Crippen LogP contribution in [0.5, 0.6) is 0 Å². The lowest BCUT2D eigenvalue weighted by Crippen LogP contribution is -2.31. The highest BCUT2D eigenvalue weighted by atomic mass is 32.2. The van der Waals surface area contributed by atoms with Crippen LogP contribution >= 0.6 is 23.7 Å². The highest BCUT2D eigenvalue weighted by Gasteiger charge is 2.28. The molecule has 1 rings (SSSR count). The Hall–Kier alpha value is 0.200. The molecule has 2 nitrogen and oxygen atoms in total. The second-order valence-corrected chi connectivity index (χ2v) is 5.69. The Labute approximate surface area is 76.5 Å². The minimum atomic E-state index is 0.290. The molecular weight excluding hydrogens is 176 g/mol. The van der Waals surface area contributed by atoms with Gasteiger partial charge in [0.05, 0.1) is 9.61 Å². The molecule has 11 heavy (non-hydrogen) atoms. The van der Waals surface area contributed by atoms with Crippen LogP contribution in [0, 0.1) is 5.41 Å². The minimum absolute atomic E-state index is 0.290. The Morgan fingerprint density at radius 2 is 2.27 bits per heavy atom. The van der Waals surface area contributed by atoms with Crippen molar-refractivity contribution in [3.8, 4) is 0 Å². The second kappa shape index (κ2) is 3.29. The smallest absolute Gasteiger partial charge is 0.0819 e. The molecule has 1 aliphatic heterocycles. The predicted molar refractivity (Wildman–Crippen MR) is 53.8 cm³/mol. The molecule has 0 aromatic carbocycles. The third-order valence-electron chi connectivity index (χ3n) is 1.49. The summed E-state index contributed by atoms with van der Waals surface area (Å²) in [7, 11) is 0. The van der Waals surface area contributed by atoms with Crippen LogP contribution in [0.3, 0.4) is 0 Å². The minimum Gasteiger partial charge on any atom is -0.377 e. The lowest BCUT2D eigenvalue weighted by molar-refractivity contribution is 0.376. The van der Waals surface area contributed by atoms with Gasteiger partial charge in [-0.15, -0.1) is 0 Å². The van der Waals surface area contributed by atoms with Gasteiger partial charge in [0.15, 0.2) is 0 Å². The van der Waals surface area contributed by atoms with Crippen LogP contribution in [0.25, 0.3) is 0 Å². The molecule has 1 unspecified atom stereocenters. The maximum Gasteiger partial charge on any atom is 0.0819 e. The SMILES string of the molecule is CC(C)(C)C1NC=C(SN)S1. The fourth-order valence-electron chi connectivity index (χ4n) is 0.816. The van der Waals surface area contributed by atoms with Gasteiger partial charge in [0.1, 0.15) is 0 Å². The highest BCUT2D eigenvalue weighted by Crippen LogP contribution is 2.39. The van der Waals surface area contributed by atoms with E-state index >= 15 is 0 Å². The van der Waals surface area contributed by atoms with Crippen LogP contribution in [0.4, 0.5) is 0 Å². The van der Waals surface area contributed by atoms with Crippen molar-refractivity contribution >= 4 is 23.7 Å². The molecule has 64 valence electrons. The van der Waals surface area contributed by atoms with E-state index in [0.717, 1.165) is 0 Å². The Morgan fingerprint density at radius 1 is 1.64 bits per heavy atom. The summed E-state index contributed by atoms with van der Waals surface area (Å²) in [4.78, 5) is 0. The number of hydrogen-bond donors (Lipinski definition) is 2. The molecule has 1 heterocycles. The van der Waals surface area contributed by atoms with Gasteiger partial charge < -0.3 is 5.32 Å². The first-order valence-corrected chi connectivity index (χ1v) is 5.29. The molecule has 0 aromatic rings. The molecule has 0 saturated heterocycles. The molecule has 0 radical (unpaired) electrons. The van der Waals surface area contributed by atoms with Crippen molar-refractivity contribution in [2.45, 2.75) is 26.1 Å². The summed E-state index contributed by atoms with van der Waals surface area (Å²) in [5, 5.41) is 9.19. The first-order chi connectivity index (χ1) is 5.04. The van der Waals surface area contributed by atoms with Crippen molar-refractivity contribution in [3.63, 3.8) is 0 Å². The molecular formula is C7H14N2S2. The quantitative estimate of drug-likeness (QED) is 0.621. The van der Waals surface area contributed by atoms with Crippen LogP contribution in [-0.2, 0) is 0 Å². The zero-order valence-electron chi connectivity index (χ0n) is 7.05. The summed E-state index contributed by atoms with van der Waals surface area (Å²) in [6.07, 6.45) is 1.99. The number of nitrogens with one attached hydrogen (secondary N) is 1. The number of rotatable bonds is 1. The molecule has 0 saturated carbocycles. The van der Waals surface area contributed by atoms with Gasteiger partial charge >= 0.3 is 0 Å². The van der Waals surface area contributed by atoms with Gasteiger partial charge in [-0.25, -0.2) is 0 Å². The third kappa shape index (κ3) is 2.32. The standard InChI is InChI=1S/C7H14N2S2/c1-7(2,3)6-9-4-5(10-6)11-8/h4,6,9H,8H2,1-3H3. The Kier molecular flexibility index (Phi) is 2.78. The van der Waals surface area contributed by atoms with Crippen LogP contribution in [-0.4, -0.2) is 5.37 Å². The maximum atomic E-state index is 5.43. The average Bonchev–Trinajstić information content (AvgIpc) is 2.32. The average molecular weight is 190 g/mol. The van der Waals surface area contributed by atoms with E-state index in [-0.39, 0.29) is 0 Å². The number of thioether (sulfide) groups is 1. The normalized spacial score (nSPS) is 24.7. The molecule has 0 aromatic heterocycles. The van der Waals surface area contributed by atoms with Gasteiger partial charge in [-0.2, -0.15) is 0 Å². The zero-order chi connectivity index (χ0) is 8.48. The van der Waals surface area contributed by atoms with E-state index < -0.39 is 0 Å². The van der Waals surface area contributed by atoms with E-state index in [1.807, 2.05) is 6.20 Å². The third-order valence-corrected chi connectivity index (χ3v) is 3.85. The molecule has 0 spiro atoms. The van der Waals surface area contributed by atoms with Crippen molar-refractivity contribution in [3.05, 3.63) is 10.4 Å². The van der Waals surface area contributed by atoms with E-state index in [2.05, 4.69) is 26.1 Å². The Bertz CT molecular complexity index is 172. The fourth-order valence-corrected chi connectivity index (χ4v) is 2.32. The zero-order valence-corrected chi connectivity index (χ0v) is 8.68. The highest BCUT2D eigenvalue weighted by molar-refractivity contribution is 8.21. The second-order valence-electron chi connectivity index (χ2n) is 3.61. The number of nitrogens with two attached hydrogens (primary N) is 1. The molecule has 4 heteroatoms. The van der Waals surface area contributed by atoms with Gasteiger partial charge in [-0.05, 0) is 17.4 Å². The van der Waals surface area contributed by atoms with Gasteiger partial charge in [0, 0.05) is 6.20 Å². The topological polar surface area (TPSA) is 38.0 Å². The largest absolute Gasteiger partial charge is 0.377 e. The molecule has 3 N–H and O–H groups in total. The summed E-state index contributed by atoms with van der Waals surface area (Å²) in [5.74, 6) is 0. The maximum absolute atomic E-state index is 5.43. The lowest BCUT2D eigenvalue weighted by Gasteiger charge is -2.26. The van der Waals surface area contributed by atoms with Gasteiger partial charge in [-0.1, -0.05) is 32.5 Å². The molecule has 0 bridgehead atoms. The summed E-state index contributed by atoms with van der Waals surface area (Å²) >= 11 is 3.12. The van der Waals surface area contributed by atoms with E-state index in [0.29, 0.717) is 10.8 Å². The summed E-state index contributed by atoms with van der Waals surface area (Å²) in [6.45, 7) is 6.65. The van der Waals surface area contributed by atoms with E-state index in [1.165, 1.54) is 16.2 Å². The molecule has 0 aliphatic carbocycles. The van der Waals surface area contributed by atoms with Gasteiger partial charge in [0.25, 0.3) is 0 Å². The van der Waals surface area contributed by atoms with Crippen molar-refractivity contribution < 1.29 is 0 Å². The fraction of sp³-hybridized carbons (Fsp3) is 0.714. The first-order valence-electron chi connectivity index (χ1n) is 3.53. The van der Waals surface area contributed by atoms with Crippen molar-refractivity contribution in [1.29, 1.82) is 0 Å². The summed E-state index contributed by atoms with van der Waals surface area (Å²) < 4.78 is 1.17. The van der Waals surface area contributed by atoms with Crippen LogP contribution < -0.4 is 10.5 Å². The molecule has 1 aliphatic rings.